The molecule has 2 aromatic carbocycles. The molecule has 1 fully saturated rings. The second-order valence-corrected chi connectivity index (χ2v) is 10.8. The van der Waals surface area contributed by atoms with E-state index in [1.807, 2.05) is 36.4 Å². The van der Waals surface area contributed by atoms with Crippen molar-refractivity contribution in [2.45, 2.75) is 77.6 Å². The Labute approximate surface area is 188 Å². The van der Waals surface area contributed by atoms with E-state index in [0.717, 1.165) is 11.5 Å². The highest BCUT2D eigenvalue weighted by molar-refractivity contribution is 14.1. The highest BCUT2D eigenvalue weighted by Gasteiger charge is 2.35. The van der Waals surface area contributed by atoms with Crippen molar-refractivity contribution in [2.24, 2.45) is 11.8 Å². The third-order valence-corrected chi connectivity index (χ3v) is 8.47. The van der Waals surface area contributed by atoms with Gasteiger partial charge >= 0.3 is 0 Å². The van der Waals surface area contributed by atoms with Gasteiger partial charge in [-0.3, -0.25) is 0 Å². The van der Waals surface area contributed by atoms with E-state index in [0.29, 0.717) is 21.5 Å². The number of hydrogen-bond donors (Lipinski definition) is 0. The molecule has 2 aromatic rings. The van der Waals surface area contributed by atoms with Crippen molar-refractivity contribution in [3.8, 4) is 0 Å². The average Bonchev–Trinajstić information content (AvgIpc) is 2.72. The van der Waals surface area contributed by atoms with Crippen LogP contribution in [0, 0.1) is 27.0 Å². The smallest absolute Gasteiger partial charge is 0.172 e. The Morgan fingerprint density at radius 1 is 0.862 bits per heavy atom. The van der Waals surface area contributed by atoms with Crippen molar-refractivity contribution >= 4 is 22.6 Å². The summed E-state index contributed by atoms with van der Waals surface area (Å²) < 4.78 is 29.4. The average molecular weight is 510 g/mol. The second kappa shape index (κ2) is 8.64. The first-order valence-electron chi connectivity index (χ1n) is 10.9. The summed E-state index contributed by atoms with van der Waals surface area (Å²) in [5.74, 6) is 0.0813. The molecule has 29 heavy (non-hydrogen) atoms. The summed E-state index contributed by atoms with van der Waals surface area (Å²) in [5, 5.41) is 0. The van der Waals surface area contributed by atoms with E-state index < -0.39 is 17.0 Å². The fourth-order valence-corrected chi connectivity index (χ4v) is 5.40. The second-order valence-electron chi connectivity index (χ2n) is 9.66. The van der Waals surface area contributed by atoms with Crippen LogP contribution in [0.2, 0.25) is 0 Å². The summed E-state index contributed by atoms with van der Waals surface area (Å²) in [6, 6.07) is 12.1. The maximum atomic E-state index is 14.8. The predicted octanol–water partition coefficient (Wildman–Crippen LogP) is 8.39. The normalized spacial score (nSPS) is 22.3. The molecule has 0 bridgehead atoms. The zero-order valence-electron chi connectivity index (χ0n) is 18.3. The molecule has 1 saturated carbocycles. The Morgan fingerprint density at radius 3 is 1.97 bits per heavy atom. The topological polar surface area (TPSA) is 0 Å². The van der Waals surface area contributed by atoms with Crippen LogP contribution in [0.5, 0.6) is 0 Å². The standard InChI is InChI=1S/C26H33F2I/c1-6-26(5,21-15-16-22(29)24(28)23(21)27)20-13-11-19(12-14-20)25(3,4)18-9-7-17(2)8-10-18/h11-18H,6-10H2,1-5H3/t17?,18?,26-/m0/s1. The van der Waals surface area contributed by atoms with Crippen LogP contribution < -0.4 is 0 Å². The molecule has 0 N–H and O–H groups in total. The zero-order chi connectivity index (χ0) is 21.4. The van der Waals surface area contributed by atoms with Crippen molar-refractivity contribution in [1.29, 1.82) is 0 Å². The molecule has 0 unspecified atom stereocenters. The van der Waals surface area contributed by atoms with Crippen molar-refractivity contribution in [2.75, 3.05) is 0 Å². The molecule has 158 valence electrons. The SMILES string of the molecule is CC[C@@](C)(c1ccc(C(C)(C)C2CCC(C)CC2)cc1)c1ccc(I)c(F)c1F. The Morgan fingerprint density at radius 2 is 1.41 bits per heavy atom. The monoisotopic (exact) mass is 510 g/mol. The van der Waals surface area contributed by atoms with Gasteiger partial charge < -0.3 is 0 Å². The Hall–Kier alpha value is -0.970. The maximum Gasteiger partial charge on any atom is 0.172 e. The third-order valence-electron chi connectivity index (χ3n) is 7.64. The fraction of sp³-hybridized carbons (Fsp3) is 0.538. The van der Waals surface area contributed by atoms with Crippen LogP contribution in [0.25, 0.3) is 0 Å². The van der Waals surface area contributed by atoms with E-state index in [-0.39, 0.29) is 5.41 Å². The van der Waals surface area contributed by atoms with Gasteiger partial charge in [0.25, 0.3) is 0 Å². The lowest BCUT2D eigenvalue weighted by molar-refractivity contribution is 0.202. The van der Waals surface area contributed by atoms with Gasteiger partial charge in [0.2, 0.25) is 0 Å². The lowest BCUT2D eigenvalue weighted by Crippen LogP contribution is -2.32. The minimum atomic E-state index is -0.743. The summed E-state index contributed by atoms with van der Waals surface area (Å²) in [4.78, 5) is 0. The van der Waals surface area contributed by atoms with Gasteiger partial charge in [-0.25, -0.2) is 8.78 Å². The highest BCUT2D eigenvalue weighted by Crippen LogP contribution is 2.43. The van der Waals surface area contributed by atoms with Gasteiger partial charge in [0.1, 0.15) is 0 Å². The first kappa shape index (κ1) is 22.7. The molecule has 0 saturated heterocycles. The van der Waals surface area contributed by atoms with Gasteiger partial charge in [0.05, 0.1) is 3.57 Å². The van der Waals surface area contributed by atoms with Gasteiger partial charge in [0, 0.05) is 11.0 Å². The van der Waals surface area contributed by atoms with E-state index in [1.165, 1.54) is 31.2 Å². The Balaban J connectivity index is 1.93. The van der Waals surface area contributed by atoms with E-state index >= 15 is 0 Å². The van der Waals surface area contributed by atoms with Crippen molar-refractivity contribution in [3.05, 3.63) is 68.3 Å². The van der Waals surface area contributed by atoms with E-state index in [2.05, 4.69) is 45.0 Å². The van der Waals surface area contributed by atoms with Gasteiger partial charge in [-0.1, -0.05) is 77.8 Å². The minimum absolute atomic E-state index is 0.126. The molecular weight excluding hydrogens is 477 g/mol. The summed E-state index contributed by atoms with van der Waals surface area (Å²) in [6.07, 6.45) is 5.91. The Bertz CT molecular complexity index is 848. The van der Waals surface area contributed by atoms with Crippen LogP contribution in [-0.4, -0.2) is 0 Å². The molecule has 1 aliphatic rings. The summed E-state index contributed by atoms with van der Waals surface area (Å²) in [6.45, 7) is 11.1. The quantitative estimate of drug-likeness (QED) is 0.280. The van der Waals surface area contributed by atoms with Crippen molar-refractivity contribution in [3.63, 3.8) is 0 Å². The lowest BCUT2D eigenvalue weighted by atomic mass is 9.65. The zero-order valence-corrected chi connectivity index (χ0v) is 20.4. The third kappa shape index (κ3) is 4.26. The highest BCUT2D eigenvalue weighted by atomic mass is 127. The molecule has 0 amide bonds. The van der Waals surface area contributed by atoms with Gasteiger partial charge in [-0.05, 0) is 76.3 Å². The molecular formula is C26H33F2I. The molecule has 3 heteroatoms. The number of benzene rings is 2. The summed E-state index contributed by atoms with van der Waals surface area (Å²) >= 11 is 1.84. The van der Waals surface area contributed by atoms with Gasteiger partial charge in [-0.15, -0.1) is 0 Å². The molecule has 1 atom stereocenters. The molecule has 0 heterocycles. The summed E-state index contributed by atoms with van der Waals surface area (Å²) in [7, 11) is 0. The summed E-state index contributed by atoms with van der Waals surface area (Å²) in [5.41, 5.74) is 2.38. The first-order valence-corrected chi connectivity index (χ1v) is 11.9. The number of halogens is 3. The molecule has 0 radical (unpaired) electrons. The first-order chi connectivity index (χ1) is 13.6. The molecule has 3 rings (SSSR count). The maximum absolute atomic E-state index is 14.8. The van der Waals surface area contributed by atoms with E-state index in [1.54, 1.807) is 12.1 Å². The van der Waals surface area contributed by atoms with E-state index in [4.69, 9.17) is 0 Å². The molecule has 0 aliphatic heterocycles. The van der Waals surface area contributed by atoms with Crippen molar-refractivity contribution in [1.82, 2.24) is 0 Å². The van der Waals surface area contributed by atoms with Crippen LogP contribution >= 0.6 is 22.6 Å². The van der Waals surface area contributed by atoms with Crippen LogP contribution in [0.1, 0.15) is 83.4 Å². The Kier molecular flexibility index (Phi) is 6.77. The molecule has 1 aliphatic carbocycles. The van der Waals surface area contributed by atoms with E-state index in [9.17, 15) is 8.78 Å². The fourth-order valence-electron chi connectivity index (χ4n) is 4.99. The van der Waals surface area contributed by atoms with Crippen LogP contribution in [0.15, 0.2) is 36.4 Å². The number of rotatable bonds is 5. The minimum Gasteiger partial charge on any atom is -0.203 e. The van der Waals surface area contributed by atoms with Crippen LogP contribution in [-0.2, 0) is 10.8 Å². The number of hydrogen-bond acceptors (Lipinski definition) is 0. The molecule has 0 aromatic heterocycles. The molecule has 0 nitrogen and oxygen atoms in total. The van der Waals surface area contributed by atoms with Gasteiger partial charge in [0.15, 0.2) is 11.6 Å². The lowest BCUT2D eigenvalue weighted by Gasteiger charge is -2.39. The van der Waals surface area contributed by atoms with Crippen LogP contribution in [0.3, 0.4) is 0 Å². The van der Waals surface area contributed by atoms with Crippen LogP contribution in [0.4, 0.5) is 8.78 Å². The molecule has 0 spiro atoms. The van der Waals surface area contributed by atoms with Gasteiger partial charge in [-0.2, -0.15) is 0 Å². The predicted molar refractivity (Wildman–Crippen MR) is 126 cm³/mol. The largest absolute Gasteiger partial charge is 0.203 e. The van der Waals surface area contributed by atoms with Crippen molar-refractivity contribution < 1.29 is 8.78 Å².